The van der Waals surface area contributed by atoms with Gasteiger partial charge in [-0.25, -0.2) is 13.2 Å². The van der Waals surface area contributed by atoms with Crippen molar-refractivity contribution < 1.29 is 32.2 Å². The monoisotopic (exact) mass is 498 g/mol. The summed E-state index contributed by atoms with van der Waals surface area (Å²) in [6, 6.07) is 14.2. The minimum atomic E-state index is -0.885. The van der Waals surface area contributed by atoms with E-state index in [-0.39, 0.29) is 17.2 Å². The molecule has 0 aromatic heterocycles. The van der Waals surface area contributed by atoms with Crippen molar-refractivity contribution in [1.29, 1.82) is 0 Å². The fraction of sp³-hybridized carbons (Fsp3) is 0.345. The summed E-state index contributed by atoms with van der Waals surface area (Å²) in [5.41, 5.74) is 1.06. The van der Waals surface area contributed by atoms with Crippen LogP contribution in [0.4, 0.5) is 13.2 Å². The lowest BCUT2D eigenvalue weighted by atomic mass is 9.78. The van der Waals surface area contributed by atoms with Gasteiger partial charge >= 0.3 is 5.97 Å². The maximum Gasteiger partial charge on any atom is 0.314 e. The molecule has 0 radical (unpaired) electrons. The van der Waals surface area contributed by atoms with E-state index in [1.54, 1.807) is 49.4 Å². The van der Waals surface area contributed by atoms with Gasteiger partial charge in [0.1, 0.15) is 11.5 Å². The number of halogens is 3. The molecule has 1 saturated carbocycles. The summed E-state index contributed by atoms with van der Waals surface area (Å²) >= 11 is 0. The Labute approximate surface area is 209 Å². The van der Waals surface area contributed by atoms with Crippen molar-refractivity contribution in [2.24, 2.45) is 5.92 Å². The van der Waals surface area contributed by atoms with Gasteiger partial charge in [0.15, 0.2) is 23.2 Å². The largest absolute Gasteiger partial charge is 0.494 e. The van der Waals surface area contributed by atoms with Crippen molar-refractivity contribution in [3.8, 4) is 28.4 Å². The van der Waals surface area contributed by atoms with E-state index >= 15 is 4.39 Å². The Morgan fingerprint density at radius 3 is 2.08 bits per heavy atom. The van der Waals surface area contributed by atoms with Crippen LogP contribution < -0.4 is 14.2 Å². The van der Waals surface area contributed by atoms with Crippen LogP contribution in [0.15, 0.2) is 54.6 Å². The lowest BCUT2D eigenvalue weighted by Gasteiger charge is -2.28. The Morgan fingerprint density at radius 1 is 0.806 bits per heavy atom. The highest BCUT2D eigenvalue weighted by atomic mass is 19.2. The lowest BCUT2D eigenvalue weighted by Crippen LogP contribution is -2.25. The fourth-order valence-electron chi connectivity index (χ4n) is 4.65. The fourth-order valence-corrected chi connectivity index (χ4v) is 4.65. The third kappa shape index (κ3) is 5.66. The quantitative estimate of drug-likeness (QED) is 0.239. The molecule has 36 heavy (non-hydrogen) atoms. The molecule has 0 atom stereocenters. The molecule has 3 aromatic carbocycles. The normalized spacial score (nSPS) is 17.5. The molecule has 0 heterocycles. The van der Waals surface area contributed by atoms with Crippen LogP contribution in [0.25, 0.3) is 11.1 Å². The summed E-state index contributed by atoms with van der Waals surface area (Å²) in [5.74, 6) is -2.69. The average Bonchev–Trinajstić information content (AvgIpc) is 2.88. The molecule has 190 valence electrons. The van der Waals surface area contributed by atoms with Gasteiger partial charge in [0.25, 0.3) is 0 Å². The van der Waals surface area contributed by atoms with Crippen LogP contribution >= 0.6 is 0 Å². The SMILES string of the molecule is CCOc1ccc(-c2ccc(C3CCC(C(=O)Oc4ccc(OCC)cc4F)CC3)c(F)c2F)cc1. The number of benzene rings is 3. The minimum Gasteiger partial charge on any atom is -0.494 e. The van der Waals surface area contributed by atoms with E-state index in [4.69, 9.17) is 14.2 Å². The van der Waals surface area contributed by atoms with Crippen molar-refractivity contribution in [2.75, 3.05) is 13.2 Å². The maximum absolute atomic E-state index is 15.1. The van der Waals surface area contributed by atoms with E-state index in [9.17, 15) is 13.6 Å². The molecule has 4 rings (SSSR count). The molecule has 0 unspecified atom stereocenters. The highest BCUT2D eigenvalue weighted by molar-refractivity contribution is 5.75. The van der Waals surface area contributed by atoms with Gasteiger partial charge in [0.2, 0.25) is 0 Å². The van der Waals surface area contributed by atoms with Crippen molar-refractivity contribution in [2.45, 2.75) is 45.4 Å². The van der Waals surface area contributed by atoms with Crippen LogP contribution in [0.5, 0.6) is 17.2 Å². The zero-order chi connectivity index (χ0) is 25.7. The predicted molar refractivity (Wildman–Crippen MR) is 131 cm³/mol. The molecule has 0 saturated heterocycles. The highest BCUT2D eigenvalue weighted by Crippen LogP contribution is 2.39. The summed E-state index contributed by atoms with van der Waals surface area (Å²) in [7, 11) is 0. The predicted octanol–water partition coefficient (Wildman–Crippen LogP) is 7.45. The second-order valence-corrected chi connectivity index (χ2v) is 8.78. The van der Waals surface area contributed by atoms with E-state index < -0.39 is 29.3 Å². The van der Waals surface area contributed by atoms with Gasteiger partial charge in [0, 0.05) is 11.6 Å². The van der Waals surface area contributed by atoms with Gasteiger partial charge < -0.3 is 14.2 Å². The van der Waals surface area contributed by atoms with Gasteiger partial charge in [0.05, 0.1) is 19.1 Å². The first-order chi connectivity index (χ1) is 17.4. The minimum absolute atomic E-state index is 0.149. The van der Waals surface area contributed by atoms with Crippen molar-refractivity contribution >= 4 is 5.97 Å². The van der Waals surface area contributed by atoms with Gasteiger partial charge in [-0.2, -0.15) is 0 Å². The molecular formula is C29H29F3O4. The molecule has 0 bridgehead atoms. The van der Waals surface area contributed by atoms with Gasteiger partial charge in [-0.3, -0.25) is 4.79 Å². The number of rotatable bonds is 8. The first-order valence-corrected chi connectivity index (χ1v) is 12.3. The maximum atomic E-state index is 15.1. The number of hydrogen-bond acceptors (Lipinski definition) is 4. The number of hydrogen-bond donors (Lipinski definition) is 0. The Balaban J connectivity index is 1.39. The van der Waals surface area contributed by atoms with Crippen LogP contribution in [0.2, 0.25) is 0 Å². The molecule has 7 heteroatoms. The molecule has 0 N–H and O–H groups in total. The lowest BCUT2D eigenvalue weighted by molar-refractivity contribution is -0.140. The van der Waals surface area contributed by atoms with Crippen molar-refractivity contribution in [3.63, 3.8) is 0 Å². The number of carbonyl (C=O) groups excluding carboxylic acids is 1. The van der Waals surface area contributed by atoms with Crippen LogP contribution in [-0.4, -0.2) is 19.2 Å². The van der Waals surface area contributed by atoms with Gasteiger partial charge in [-0.15, -0.1) is 0 Å². The zero-order valence-electron chi connectivity index (χ0n) is 20.4. The zero-order valence-corrected chi connectivity index (χ0v) is 20.4. The van der Waals surface area contributed by atoms with Gasteiger partial charge in [-0.05, 0) is 80.8 Å². The third-order valence-electron chi connectivity index (χ3n) is 6.51. The molecule has 0 spiro atoms. The van der Waals surface area contributed by atoms with Crippen molar-refractivity contribution in [1.82, 2.24) is 0 Å². The number of esters is 1. The van der Waals surface area contributed by atoms with E-state index in [0.29, 0.717) is 61.5 Å². The molecule has 1 aliphatic carbocycles. The van der Waals surface area contributed by atoms with Crippen LogP contribution in [0.1, 0.15) is 51.0 Å². The average molecular weight is 499 g/mol. The second kappa shape index (κ2) is 11.5. The topological polar surface area (TPSA) is 44.8 Å². The summed E-state index contributed by atoms with van der Waals surface area (Å²) < 4.78 is 60.2. The first kappa shape index (κ1) is 25.6. The van der Waals surface area contributed by atoms with Crippen LogP contribution in [0, 0.1) is 23.4 Å². The van der Waals surface area contributed by atoms with Crippen LogP contribution in [-0.2, 0) is 4.79 Å². The molecule has 1 fully saturated rings. The molecule has 1 aliphatic rings. The van der Waals surface area contributed by atoms with Crippen molar-refractivity contribution in [3.05, 3.63) is 77.6 Å². The van der Waals surface area contributed by atoms with E-state index in [0.717, 1.165) is 0 Å². The Bertz CT molecular complexity index is 1200. The Morgan fingerprint density at radius 2 is 1.44 bits per heavy atom. The van der Waals surface area contributed by atoms with Gasteiger partial charge in [-0.1, -0.05) is 24.3 Å². The van der Waals surface area contributed by atoms with E-state index in [1.165, 1.54) is 12.1 Å². The second-order valence-electron chi connectivity index (χ2n) is 8.78. The van der Waals surface area contributed by atoms with E-state index in [2.05, 4.69) is 0 Å². The first-order valence-electron chi connectivity index (χ1n) is 12.3. The Hall–Kier alpha value is -3.48. The number of ether oxygens (including phenoxy) is 3. The van der Waals surface area contributed by atoms with E-state index in [1.807, 2.05) is 6.92 Å². The van der Waals surface area contributed by atoms with Crippen LogP contribution in [0.3, 0.4) is 0 Å². The molecule has 3 aromatic rings. The molecule has 0 aliphatic heterocycles. The number of carbonyl (C=O) groups is 1. The summed E-state index contributed by atoms with van der Waals surface area (Å²) in [4.78, 5) is 12.6. The smallest absolute Gasteiger partial charge is 0.314 e. The third-order valence-corrected chi connectivity index (χ3v) is 6.51. The summed E-state index contributed by atoms with van der Waals surface area (Å²) in [5, 5.41) is 0. The molecule has 0 amide bonds. The highest BCUT2D eigenvalue weighted by Gasteiger charge is 2.31. The molecular weight excluding hydrogens is 469 g/mol. The molecule has 4 nitrogen and oxygen atoms in total. The Kier molecular flexibility index (Phi) is 8.18. The summed E-state index contributed by atoms with van der Waals surface area (Å²) in [6.07, 6.45) is 1.91. The summed E-state index contributed by atoms with van der Waals surface area (Å²) in [6.45, 7) is 4.59. The standard InChI is InChI=1S/C29H29F3O4/c1-3-34-21-11-9-19(10-12-21)24-15-14-23(27(31)28(24)32)18-5-7-20(8-6-18)29(33)36-26-16-13-22(35-4-2)17-25(26)30/h9-18,20H,3-8H2,1-2H3.